The van der Waals surface area contributed by atoms with Gasteiger partial charge in [0.2, 0.25) is 5.60 Å². The molecular formula is C24H31F3N4O8S. The molecule has 0 unspecified atom stereocenters. The lowest BCUT2D eigenvalue weighted by atomic mass is 10.1. The Morgan fingerprint density at radius 3 is 2.52 bits per heavy atom. The van der Waals surface area contributed by atoms with Crippen molar-refractivity contribution in [2.24, 2.45) is 7.05 Å². The van der Waals surface area contributed by atoms with Crippen LogP contribution in [0.15, 0.2) is 23.1 Å². The highest BCUT2D eigenvalue weighted by Gasteiger charge is 2.51. The number of nitrogens with one attached hydrogen (secondary N) is 1. The molecule has 1 aromatic carbocycles. The maximum atomic E-state index is 14.0. The molecule has 12 nitrogen and oxygen atoms in total. The number of esters is 1. The van der Waals surface area contributed by atoms with E-state index in [1.165, 1.54) is 30.0 Å². The fourth-order valence-electron chi connectivity index (χ4n) is 3.81. The first-order chi connectivity index (χ1) is 18.5. The first kappa shape index (κ1) is 30.8. The molecule has 0 spiro atoms. The predicted octanol–water partition coefficient (Wildman–Crippen LogP) is 3.93. The Morgan fingerprint density at radius 2 is 1.93 bits per heavy atom. The van der Waals surface area contributed by atoms with E-state index in [2.05, 4.69) is 15.2 Å². The third-order valence-electron chi connectivity index (χ3n) is 6.13. The summed E-state index contributed by atoms with van der Waals surface area (Å²) in [5, 5.41) is 6.28. The second-order valence-electron chi connectivity index (χ2n) is 9.37. The molecule has 0 saturated heterocycles. The summed E-state index contributed by atoms with van der Waals surface area (Å²) in [5.74, 6) is -0.530. The zero-order valence-corrected chi connectivity index (χ0v) is 23.6. The fourth-order valence-corrected chi connectivity index (χ4v) is 5.65. The molecular weight excluding hydrogens is 561 g/mol. The zero-order valence-electron chi connectivity index (χ0n) is 22.8. The van der Waals surface area contributed by atoms with Gasteiger partial charge in [-0.3, -0.25) is 19.1 Å². The summed E-state index contributed by atoms with van der Waals surface area (Å²) in [6.45, 7) is 4.55. The largest absolute Gasteiger partial charge is 0.486 e. The van der Waals surface area contributed by atoms with Crippen LogP contribution in [0.25, 0.3) is 0 Å². The van der Waals surface area contributed by atoms with E-state index in [1.807, 2.05) is 0 Å². The van der Waals surface area contributed by atoms with Crippen molar-refractivity contribution in [3.8, 4) is 11.6 Å². The molecule has 1 N–H and O–H groups in total. The molecule has 0 fully saturated rings. The van der Waals surface area contributed by atoms with Crippen molar-refractivity contribution in [3.63, 3.8) is 0 Å². The molecule has 0 radical (unpaired) electrons. The van der Waals surface area contributed by atoms with Crippen molar-refractivity contribution >= 4 is 33.5 Å². The number of carbonyl (C=O) groups is 2. The number of fused-ring (bicyclic) bond motifs is 1. The molecule has 1 aliphatic heterocycles. The van der Waals surface area contributed by atoms with E-state index >= 15 is 0 Å². The standard InChI is InChI=1S/C24H31F3N4O8S/c1-7-37-19(32)11-9-16-13-31(40(34,35)20-14(2)30(5)29-21(20)36-6)17-12-15(8-10-18(17)38-16)28-22(33)39-23(3,4)24(25,26)27/h8,10,12,16H,7,9,11,13H2,1-6H3,(H,28,33)/t16-/m0/s1. The van der Waals surface area contributed by atoms with E-state index in [1.54, 1.807) is 20.9 Å². The number of nitrogens with zero attached hydrogens (tertiary/aromatic N) is 3. The lowest BCUT2D eigenvalue weighted by Gasteiger charge is -2.35. The van der Waals surface area contributed by atoms with Crippen molar-refractivity contribution < 1.29 is 50.1 Å². The number of hydrogen-bond donors (Lipinski definition) is 1. The summed E-state index contributed by atoms with van der Waals surface area (Å²) in [5.41, 5.74) is -2.55. The average Bonchev–Trinajstić information content (AvgIpc) is 3.15. The molecule has 222 valence electrons. The normalized spacial score (nSPS) is 15.6. The minimum Gasteiger partial charge on any atom is -0.486 e. The number of ether oxygens (including phenoxy) is 4. The molecule has 16 heteroatoms. The topological polar surface area (TPSA) is 138 Å². The molecule has 1 aliphatic rings. The van der Waals surface area contributed by atoms with Gasteiger partial charge >= 0.3 is 18.2 Å². The lowest BCUT2D eigenvalue weighted by Crippen LogP contribution is -2.44. The summed E-state index contributed by atoms with van der Waals surface area (Å²) in [6, 6.07) is 3.90. The number of benzene rings is 1. The van der Waals surface area contributed by atoms with Gasteiger partial charge in [-0.25, -0.2) is 13.2 Å². The Balaban J connectivity index is 2.00. The molecule has 40 heavy (non-hydrogen) atoms. The number of aromatic nitrogens is 2. The molecule has 0 saturated carbocycles. The summed E-state index contributed by atoms with van der Waals surface area (Å²) < 4.78 is 90.4. The van der Waals surface area contributed by atoms with Crippen LogP contribution in [0.4, 0.5) is 29.3 Å². The second-order valence-corrected chi connectivity index (χ2v) is 11.2. The van der Waals surface area contributed by atoms with Gasteiger partial charge in [0.15, 0.2) is 4.90 Å². The minimum atomic E-state index is -4.82. The van der Waals surface area contributed by atoms with Crippen molar-refractivity contribution in [2.75, 3.05) is 29.9 Å². The van der Waals surface area contributed by atoms with Crippen molar-refractivity contribution in [1.82, 2.24) is 9.78 Å². The fraction of sp³-hybridized carbons (Fsp3) is 0.542. The van der Waals surface area contributed by atoms with Gasteiger partial charge in [-0.05, 0) is 52.3 Å². The van der Waals surface area contributed by atoms with Crippen molar-refractivity contribution in [1.29, 1.82) is 0 Å². The van der Waals surface area contributed by atoms with Crippen molar-refractivity contribution in [3.05, 3.63) is 23.9 Å². The van der Waals surface area contributed by atoms with E-state index in [4.69, 9.17) is 14.2 Å². The highest BCUT2D eigenvalue weighted by Crippen LogP contribution is 2.42. The van der Waals surface area contributed by atoms with Crippen LogP contribution in [-0.4, -0.2) is 68.4 Å². The van der Waals surface area contributed by atoms with Crippen molar-refractivity contribution in [2.45, 2.75) is 63.3 Å². The van der Waals surface area contributed by atoms with Gasteiger partial charge in [-0.2, -0.15) is 13.2 Å². The Bertz CT molecular complexity index is 1370. The summed E-state index contributed by atoms with van der Waals surface area (Å²) >= 11 is 0. The molecule has 2 heterocycles. The maximum Gasteiger partial charge on any atom is 0.427 e. The molecule has 0 bridgehead atoms. The highest BCUT2D eigenvalue weighted by atomic mass is 32.2. The maximum absolute atomic E-state index is 14.0. The molecule has 0 aliphatic carbocycles. The Labute approximate surface area is 229 Å². The van der Waals surface area contributed by atoms with Crippen LogP contribution in [0, 0.1) is 6.92 Å². The summed E-state index contributed by atoms with van der Waals surface area (Å²) in [6.07, 6.45) is -6.88. The van der Waals surface area contributed by atoms with Gasteiger partial charge in [-0.1, -0.05) is 0 Å². The molecule has 1 amide bonds. The number of rotatable bonds is 9. The molecule has 1 aromatic heterocycles. The van der Waals surface area contributed by atoms with E-state index in [-0.39, 0.29) is 59.6 Å². The highest BCUT2D eigenvalue weighted by molar-refractivity contribution is 7.93. The smallest absolute Gasteiger partial charge is 0.427 e. The lowest BCUT2D eigenvalue weighted by molar-refractivity contribution is -0.242. The SMILES string of the molecule is CCOC(=O)CC[C@H]1CN(S(=O)(=O)c2c(OC)nn(C)c2C)c2cc(NC(=O)OC(C)(C)C(F)(F)F)ccc2O1. The molecule has 1 atom stereocenters. The van der Waals surface area contributed by atoms with Crippen LogP contribution < -0.4 is 19.1 Å². The number of hydrogen-bond acceptors (Lipinski definition) is 9. The Kier molecular flexibility index (Phi) is 8.81. The van der Waals surface area contributed by atoms with Crippen LogP contribution in [0.1, 0.15) is 39.3 Å². The van der Waals surface area contributed by atoms with Crippen LogP contribution in [0.5, 0.6) is 11.6 Å². The van der Waals surface area contributed by atoms with Crippen LogP contribution in [0.2, 0.25) is 0 Å². The molecule has 3 rings (SSSR count). The summed E-state index contributed by atoms with van der Waals surface area (Å²) in [7, 11) is -1.55. The number of aryl methyl sites for hydroxylation is 1. The van der Waals surface area contributed by atoms with Gasteiger partial charge < -0.3 is 18.9 Å². The minimum absolute atomic E-state index is 0.00873. The first-order valence-corrected chi connectivity index (χ1v) is 13.6. The number of halogens is 3. The van der Waals surface area contributed by atoms with Gasteiger partial charge in [-0.15, -0.1) is 5.10 Å². The van der Waals surface area contributed by atoms with E-state index < -0.39 is 40.0 Å². The predicted molar refractivity (Wildman–Crippen MR) is 136 cm³/mol. The third kappa shape index (κ3) is 6.37. The number of amides is 1. The van der Waals surface area contributed by atoms with E-state index in [9.17, 15) is 31.2 Å². The zero-order chi connectivity index (χ0) is 30.0. The quantitative estimate of drug-likeness (QED) is 0.429. The number of alkyl halides is 3. The number of anilines is 2. The van der Waals surface area contributed by atoms with E-state index in [0.29, 0.717) is 13.8 Å². The van der Waals surface area contributed by atoms with Crippen LogP contribution >= 0.6 is 0 Å². The second kappa shape index (κ2) is 11.4. The monoisotopic (exact) mass is 592 g/mol. The van der Waals surface area contributed by atoms with Gasteiger partial charge in [0.25, 0.3) is 15.9 Å². The number of sulfonamides is 1. The Morgan fingerprint density at radius 1 is 1.25 bits per heavy atom. The average molecular weight is 593 g/mol. The van der Waals surface area contributed by atoms with Gasteiger partial charge in [0.1, 0.15) is 11.9 Å². The third-order valence-corrected chi connectivity index (χ3v) is 8.05. The van der Waals surface area contributed by atoms with Crippen LogP contribution in [-0.2, 0) is 31.3 Å². The summed E-state index contributed by atoms with van der Waals surface area (Å²) in [4.78, 5) is 24.0. The Hall–Kier alpha value is -3.69. The van der Waals surface area contributed by atoms with E-state index in [0.717, 1.165) is 4.31 Å². The molecule has 2 aromatic rings. The van der Waals surface area contributed by atoms with Crippen LogP contribution in [0.3, 0.4) is 0 Å². The van der Waals surface area contributed by atoms with Gasteiger partial charge in [0, 0.05) is 19.2 Å². The number of carbonyl (C=O) groups excluding carboxylic acids is 2. The van der Waals surface area contributed by atoms with Gasteiger partial charge in [0.05, 0.1) is 31.6 Å². The number of methoxy groups -OCH3 is 1. The first-order valence-electron chi connectivity index (χ1n) is 12.1.